The van der Waals surface area contributed by atoms with Crippen molar-refractivity contribution in [3.05, 3.63) is 59.9 Å². The van der Waals surface area contributed by atoms with Crippen molar-refractivity contribution in [2.45, 2.75) is 17.2 Å². The molecule has 1 aromatic carbocycles. The van der Waals surface area contributed by atoms with E-state index in [1.807, 2.05) is 6.07 Å². The number of benzene rings is 1. The van der Waals surface area contributed by atoms with Crippen molar-refractivity contribution in [2.75, 3.05) is 7.05 Å². The van der Waals surface area contributed by atoms with Gasteiger partial charge in [-0.2, -0.15) is 8.78 Å². The summed E-state index contributed by atoms with van der Waals surface area (Å²) < 4.78 is 47.6. The molecule has 0 fully saturated rings. The zero-order valence-corrected chi connectivity index (χ0v) is 13.0. The normalized spacial score (nSPS) is 11.5. The van der Waals surface area contributed by atoms with Crippen molar-refractivity contribution >= 4 is 15.7 Å². The Morgan fingerprint density at radius 1 is 1.22 bits per heavy atom. The molecule has 0 bridgehead atoms. The number of pyridine rings is 1. The highest BCUT2D eigenvalue weighted by Gasteiger charge is 2.26. The summed E-state index contributed by atoms with van der Waals surface area (Å²) >= 11 is 0. The molecule has 1 aromatic heterocycles. The Hall–Kier alpha value is -2.35. The first-order chi connectivity index (χ1) is 10.8. The highest BCUT2D eigenvalue weighted by molar-refractivity contribution is 7.91. The van der Waals surface area contributed by atoms with E-state index in [4.69, 9.17) is 0 Å². The Morgan fingerprint density at radius 3 is 2.39 bits per heavy atom. The maximum Gasteiger partial charge on any atom is 0.341 e. The molecule has 23 heavy (non-hydrogen) atoms. The molecule has 1 heterocycles. The van der Waals surface area contributed by atoms with E-state index in [1.165, 1.54) is 17.0 Å². The van der Waals surface area contributed by atoms with E-state index < -0.39 is 20.5 Å². The molecule has 0 unspecified atom stereocenters. The first kappa shape index (κ1) is 17.0. The van der Waals surface area contributed by atoms with Crippen LogP contribution < -0.4 is 0 Å². The summed E-state index contributed by atoms with van der Waals surface area (Å²) in [6.45, 7) is 0.323. The minimum absolute atomic E-state index is 0.213. The number of halogens is 2. The molecule has 0 radical (unpaired) electrons. The Morgan fingerprint density at radius 2 is 1.87 bits per heavy atom. The average Bonchev–Trinajstić information content (AvgIpc) is 2.55. The number of hydrogen-bond acceptors (Lipinski definition) is 4. The lowest BCUT2D eigenvalue weighted by molar-refractivity contribution is 0.0785. The predicted octanol–water partition coefficient (Wildman–Crippen LogP) is 2.35. The maximum absolute atomic E-state index is 12.5. The molecule has 1 amide bonds. The Balaban J connectivity index is 2.14. The molecule has 0 aliphatic rings. The number of alkyl halides is 2. The SMILES string of the molecule is CN(Cc1cccnc1)C(=O)c1ccc(S(=O)(=O)C(F)F)cc1. The van der Waals surface area contributed by atoms with Gasteiger partial charge >= 0.3 is 5.76 Å². The molecule has 0 saturated carbocycles. The molecule has 2 rings (SSSR count). The molecule has 0 aliphatic carbocycles. The van der Waals surface area contributed by atoms with Crippen LogP contribution in [0.3, 0.4) is 0 Å². The van der Waals surface area contributed by atoms with Crippen LogP contribution in [0.15, 0.2) is 53.7 Å². The van der Waals surface area contributed by atoms with Crippen LogP contribution in [0.2, 0.25) is 0 Å². The fraction of sp³-hybridized carbons (Fsp3) is 0.200. The van der Waals surface area contributed by atoms with Crippen LogP contribution in [-0.2, 0) is 16.4 Å². The zero-order valence-electron chi connectivity index (χ0n) is 12.2. The molecule has 5 nitrogen and oxygen atoms in total. The molecular weight excluding hydrogens is 326 g/mol. The third kappa shape index (κ3) is 3.89. The van der Waals surface area contributed by atoms with Crippen LogP contribution in [0.25, 0.3) is 0 Å². The van der Waals surface area contributed by atoms with Crippen molar-refractivity contribution in [2.24, 2.45) is 0 Å². The van der Waals surface area contributed by atoms with Crippen LogP contribution >= 0.6 is 0 Å². The largest absolute Gasteiger partial charge is 0.341 e. The summed E-state index contributed by atoms with van der Waals surface area (Å²) in [6.07, 6.45) is 3.25. The van der Waals surface area contributed by atoms with Gasteiger partial charge in [-0.05, 0) is 35.9 Å². The highest BCUT2D eigenvalue weighted by Crippen LogP contribution is 2.19. The van der Waals surface area contributed by atoms with Crippen molar-refractivity contribution in [1.82, 2.24) is 9.88 Å². The van der Waals surface area contributed by atoms with Gasteiger partial charge in [0.2, 0.25) is 9.84 Å². The molecule has 0 spiro atoms. The lowest BCUT2D eigenvalue weighted by Gasteiger charge is -2.17. The second kappa shape index (κ2) is 6.82. The molecule has 122 valence electrons. The van der Waals surface area contributed by atoms with Crippen molar-refractivity contribution < 1.29 is 22.0 Å². The summed E-state index contributed by atoms with van der Waals surface area (Å²) in [6, 6.07) is 8.01. The quantitative estimate of drug-likeness (QED) is 0.838. The number of carbonyl (C=O) groups is 1. The van der Waals surface area contributed by atoms with Crippen LogP contribution in [0.5, 0.6) is 0 Å². The Bertz CT molecular complexity index is 778. The molecule has 2 aromatic rings. The lowest BCUT2D eigenvalue weighted by atomic mass is 10.2. The van der Waals surface area contributed by atoms with Gasteiger partial charge in [-0.15, -0.1) is 0 Å². The molecule has 8 heteroatoms. The topological polar surface area (TPSA) is 67.3 Å². The van der Waals surface area contributed by atoms with Gasteiger partial charge in [-0.3, -0.25) is 9.78 Å². The average molecular weight is 340 g/mol. The van der Waals surface area contributed by atoms with Gasteiger partial charge in [0.1, 0.15) is 0 Å². The third-order valence-electron chi connectivity index (χ3n) is 3.15. The number of aromatic nitrogens is 1. The fourth-order valence-electron chi connectivity index (χ4n) is 1.95. The number of nitrogens with zero attached hydrogens (tertiary/aromatic N) is 2. The Kier molecular flexibility index (Phi) is 5.05. The number of sulfone groups is 1. The minimum atomic E-state index is -4.65. The van der Waals surface area contributed by atoms with Crippen molar-refractivity contribution in [1.29, 1.82) is 0 Å². The lowest BCUT2D eigenvalue weighted by Crippen LogP contribution is -2.26. The first-order valence-corrected chi connectivity index (χ1v) is 8.13. The van der Waals surface area contributed by atoms with Crippen molar-refractivity contribution in [3.63, 3.8) is 0 Å². The van der Waals surface area contributed by atoms with Gasteiger partial charge in [-0.25, -0.2) is 8.42 Å². The van der Waals surface area contributed by atoms with E-state index in [-0.39, 0.29) is 11.5 Å². The van der Waals surface area contributed by atoms with Gasteiger partial charge in [0.15, 0.2) is 0 Å². The molecule has 0 atom stereocenters. The second-order valence-corrected chi connectivity index (χ2v) is 6.77. The molecule has 0 saturated heterocycles. The summed E-state index contributed by atoms with van der Waals surface area (Å²) in [4.78, 5) is 17.1. The number of hydrogen-bond donors (Lipinski definition) is 0. The summed E-state index contributed by atoms with van der Waals surface area (Å²) in [7, 11) is -3.07. The van der Waals surface area contributed by atoms with Crippen LogP contribution in [0.4, 0.5) is 8.78 Å². The molecular formula is C15H14F2N2O3S. The van der Waals surface area contributed by atoms with E-state index in [0.717, 1.165) is 17.7 Å². The highest BCUT2D eigenvalue weighted by atomic mass is 32.2. The fourth-order valence-corrected chi connectivity index (χ4v) is 2.67. The van der Waals surface area contributed by atoms with Crippen molar-refractivity contribution in [3.8, 4) is 0 Å². The summed E-state index contributed by atoms with van der Waals surface area (Å²) in [5.41, 5.74) is 1.05. The maximum atomic E-state index is 12.5. The van der Waals surface area contributed by atoms with E-state index in [2.05, 4.69) is 4.98 Å². The van der Waals surface area contributed by atoms with Crippen LogP contribution in [0.1, 0.15) is 15.9 Å². The van der Waals surface area contributed by atoms with Gasteiger partial charge < -0.3 is 4.90 Å². The van der Waals surface area contributed by atoms with E-state index in [1.54, 1.807) is 25.5 Å². The molecule has 0 aliphatic heterocycles. The summed E-state index contributed by atoms with van der Waals surface area (Å²) in [5.74, 6) is -3.84. The predicted molar refractivity (Wildman–Crippen MR) is 79.7 cm³/mol. The van der Waals surface area contributed by atoms with Gasteiger partial charge in [0.05, 0.1) is 4.90 Å². The number of rotatable bonds is 5. The smallest absolute Gasteiger partial charge is 0.337 e. The zero-order chi connectivity index (χ0) is 17.0. The number of amides is 1. The first-order valence-electron chi connectivity index (χ1n) is 6.59. The van der Waals surface area contributed by atoms with Crippen LogP contribution in [-0.4, -0.2) is 37.0 Å². The van der Waals surface area contributed by atoms with Gasteiger partial charge in [-0.1, -0.05) is 6.07 Å². The van der Waals surface area contributed by atoms with E-state index in [0.29, 0.717) is 6.54 Å². The van der Waals surface area contributed by atoms with E-state index in [9.17, 15) is 22.0 Å². The third-order valence-corrected chi connectivity index (χ3v) is 4.55. The van der Waals surface area contributed by atoms with E-state index >= 15 is 0 Å². The van der Waals surface area contributed by atoms with Gasteiger partial charge in [0, 0.05) is 31.5 Å². The Labute approximate surface area is 132 Å². The second-order valence-electron chi connectivity index (χ2n) is 4.85. The number of carbonyl (C=O) groups excluding carboxylic acids is 1. The molecule has 0 N–H and O–H groups in total. The van der Waals surface area contributed by atoms with Gasteiger partial charge in [0.25, 0.3) is 5.91 Å². The summed E-state index contributed by atoms with van der Waals surface area (Å²) in [5, 5.41) is 0. The minimum Gasteiger partial charge on any atom is -0.337 e. The van der Waals surface area contributed by atoms with Crippen LogP contribution in [0, 0.1) is 0 Å². The standard InChI is InChI=1S/C15H14F2N2O3S/c1-19(10-11-3-2-8-18-9-11)14(20)12-4-6-13(7-5-12)23(21,22)15(16)17/h2-9,15H,10H2,1H3. The monoisotopic (exact) mass is 340 g/mol.